The molecule has 0 aromatic carbocycles. The summed E-state index contributed by atoms with van der Waals surface area (Å²) in [7, 11) is 4.10. The summed E-state index contributed by atoms with van der Waals surface area (Å²) >= 11 is 0. The Morgan fingerprint density at radius 3 is 1.35 bits per heavy atom. The van der Waals surface area contributed by atoms with Crippen LogP contribution in [0.25, 0.3) is 0 Å². The molecule has 0 aliphatic heterocycles. The number of unbranched alkanes of at least 4 members (excludes halogenated alkanes) is 7. The quantitative estimate of drug-likeness (QED) is 0.588. The molecule has 0 atom stereocenters. The van der Waals surface area contributed by atoms with Gasteiger partial charge in [0.25, 0.3) is 0 Å². The molecule has 2 heteroatoms. The molecule has 0 aromatic rings. The van der Waals surface area contributed by atoms with Crippen molar-refractivity contribution in [2.75, 3.05) is 27.2 Å². The molecule has 2 nitrogen and oxygen atoms in total. The van der Waals surface area contributed by atoms with Crippen molar-refractivity contribution in [2.45, 2.75) is 71.6 Å². The van der Waals surface area contributed by atoms with Crippen molar-refractivity contribution in [1.29, 1.82) is 0 Å². The number of nitrogens with zero attached hydrogens (tertiary/aromatic N) is 1. The lowest BCUT2D eigenvalue weighted by Crippen LogP contribution is -2.16. The maximum absolute atomic E-state index is 5.25. The van der Waals surface area contributed by atoms with Crippen LogP contribution in [0.5, 0.6) is 0 Å². The van der Waals surface area contributed by atoms with E-state index >= 15 is 0 Å². The average Bonchev–Trinajstić information content (AvgIpc) is 2.32. The Balaban J connectivity index is 0. The van der Waals surface area contributed by atoms with E-state index in [9.17, 15) is 0 Å². The third-order valence-corrected chi connectivity index (χ3v) is 2.77. The summed E-state index contributed by atoms with van der Waals surface area (Å²) < 4.78 is 0. The van der Waals surface area contributed by atoms with Crippen molar-refractivity contribution < 1.29 is 0 Å². The maximum Gasteiger partial charge on any atom is -0.00128 e. The Morgan fingerprint density at radius 2 is 1.12 bits per heavy atom. The summed E-state index contributed by atoms with van der Waals surface area (Å²) in [6.45, 7) is 6.45. The van der Waals surface area contributed by atoms with Gasteiger partial charge in [-0.25, -0.2) is 0 Å². The fraction of sp³-hybridized carbons (Fsp3) is 1.00. The SMILES string of the molecule is CCCCCCCCCC.CN(C)CCCN. The number of rotatable bonds is 10. The zero-order valence-corrected chi connectivity index (χ0v) is 12.8. The smallest absolute Gasteiger partial charge is 0.00128 e. The Morgan fingerprint density at radius 1 is 0.706 bits per heavy atom. The summed E-state index contributed by atoms with van der Waals surface area (Å²) in [5, 5.41) is 0. The lowest BCUT2D eigenvalue weighted by Gasteiger charge is -2.05. The summed E-state index contributed by atoms with van der Waals surface area (Å²) in [6.07, 6.45) is 12.6. The highest BCUT2D eigenvalue weighted by atomic mass is 15.0. The van der Waals surface area contributed by atoms with E-state index in [2.05, 4.69) is 32.8 Å². The molecule has 106 valence electrons. The minimum Gasteiger partial charge on any atom is -0.330 e. The van der Waals surface area contributed by atoms with Crippen LogP contribution >= 0.6 is 0 Å². The normalized spacial score (nSPS) is 10.2. The van der Waals surface area contributed by atoms with Crippen LogP contribution in [0, 0.1) is 0 Å². The van der Waals surface area contributed by atoms with Gasteiger partial charge in [0.1, 0.15) is 0 Å². The van der Waals surface area contributed by atoms with Gasteiger partial charge in [0.2, 0.25) is 0 Å². The zero-order valence-electron chi connectivity index (χ0n) is 12.8. The van der Waals surface area contributed by atoms with Gasteiger partial charge in [-0.15, -0.1) is 0 Å². The minimum atomic E-state index is 0.804. The lowest BCUT2D eigenvalue weighted by molar-refractivity contribution is 0.403. The van der Waals surface area contributed by atoms with E-state index in [0.29, 0.717) is 0 Å². The van der Waals surface area contributed by atoms with Gasteiger partial charge < -0.3 is 10.6 Å². The number of hydrogen-bond donors (Lipinski definition) is 1. The molecule has 2 N–H and O–H groups in total. The lowest BCUT2D eigenvalue weighted by atomic mass is 10.1. The van der Waals surface area contributed by atoms with E-state index in [1.54, 1.807) is 0 Å². The van der Waals surface area contributed by atoms with Crippen molar-refractivity contribution >= 4 is 0 Å². The molecular weight excluding hydrogens is 208 g/mol. The van der Waals surface area contributed by atoms with E-state index in [4.69, 9.17) is 5.73 Å². The first-order chi connectivity index (χ1) is 8.18. The van der Waals surface area contributed by atoms with Gasteiger partial charge >= 0.3 is 0 Å². The molecule has 0 unspecified atom stereocenters. The topological polar surface area (TPSA) is 29.3 Å². The predicted molar refractivity (Wildman–Crippen MR) is 80.5 cm³/mol. The van der Waals surface area contributed by atoms with Crippen LogP contribution in [0.2, 0.25) is 0 Å². The van der Waals surface area contributed by atoms with Crippen LogP contribution in [0.4, 0.5) is 0 Å². The van der Waals surface area contributed by atoms with E-state index in [-0.39, 0.29) is 0 Å². The van der Waals surface area contributed by atoms with Gasteiger partial charge in [0.05, 0.1) is 0 Å². The molecule has 0 aliphatic rings. The highest BCUT2D eigenvalue weighted by Gasteiger charge is 1.87. The molecule has 0 spiro atoms. The summed E-state index contributed by atoms with van der Waals surface area (Å²) in [4.78, 5) is 2.13. The molecule has 0 radical (unpaired) electrons. The third kappa shape index (κ3) is 25.9. The van der Waals surface area contributed by atoms with Crippen molar-refractivity contribution in [1.82, 2.24) is 4.90 Å². The fourth-order valence-electron chi connectivity index (χ4n) is 1.61. The van der Waals surface area contributed by atoms with Gasteiger partial charge in [-0.05, 0) is 33.6 Å². The molecular formula is C15H36N2. The second kappa shape index (κ2) is 18.3. The van der Waals surface area contributed by atoms with Crippen LogP contribution in [0.15, 0.2) is 0 Å². The van der Waals surface area contributed by atoms with Gasteiger partial charge in [-0.3, -0.25) is 0 Å². The Hall–Kier alpha value is -0.0800. The van der Waals surface area contributed by atoms with Crippen LogP contribution in [0.3, 0.4) is 0 Å². The monoisotopic (exact) mass is 244 g/mol. The molecule has 0 rings (SSSR count). The zero-order chi connectivity index (χ0) is 13.4. The molecule has 0 saturated heterocycles. The number of hydrogen-bond acceptors (Lipinski definition) is 2. The highest BCUT2D eigenvalue weighted by molar-refractivity contribution is 4.43. The predicted octanol–water partition coefficient (Wildman–Crippen LogP) is 4.04. The van der Waals surface area contributed by atoms with Gasteiger partial charge in [-0.2, -0.15) is 0 Å². The van der Waals surface area contributed by atoms with Crippen LogP contribution in [0.1, 0.15) is 71.6 Å². The fourth-order valence-corrected chi connectivity index (χ4v) is 1.61. The van der Waals surface area contributed by atoms with Crippen LogP contribution in [-0.2, 0) is 0 Å². The van der Waals surface area contributed by atoms with Crippen molar-refractivity contribution in [3.8, 4) is 0 Å². The second-order valence-corrected chi connectivity index (χ2v) is 5.07. The molecule has 0 heterocycles. The first-order valence-electron chi connectivity index (χ1n) is 7.53. The largest absolute Gasteiger partial charge is 0.330 e. The molecule has 17 heavy (non-hydrogen) atoms. The Bertz CT molecular complexity index is 105. The van der Waals surface area contributed by atoms with E-state index in [1.165, 1.54) is 51.4 Å². The Labute approximate surface area is 110 Å². The van der Waals surface area contributed by atoms with Gasteiger partial charge in [0, 0.05) is 0 Å². The highest BCUT2D eigenvalue weighted by Crippen LogP contribution is 2.07. The van der Waals surface area contributed by atoms with Crippen LogP contribution in [-0.4, -0.2) is 32.1 Å². The van der Waals surface area contributed by atoms with Gasteiger partial charge in [0.15, 0.2) is 0 Å². The van der Waals surface area contributed by atoms with Crippen molar-refractivity contribution in [2.24, 2.45) is 5.73 Å². The number of nitrogens with two attached hydrogens (primary N) is 1. The maximum atomic E-state index is 5.25. The summed E-state index contributed by atoms with van der Waals surface area (Å²) in [6, 6.07) is 0. The third-order valence-electron chi connectivity index (χ3n) is 2.77. The first-order valence-corrected chi connectivity index (χ1v) is 7.53. The van der Waals surface area contributed by atoms with E-state index in [1.807, 2.05) is 0 Å². The van der Waals surface area contributed by atoms with E-state index in [0.717, 1.165) is 19.5 Å². The molecule has 0 fully saturated rings. The van der Waals surface area contributed by atoms with Crippen molar-refractivity contribution in [3.63, 3.8) is 0 Å². The molecule has 0 aromatic heterocycles. The Kier molecular flexibility index (Phi) is 20.7. The average molecular weight is 244 g/mol. The van der Waals surface area contributed by atoms with Gasteiger partial charge in [-0.1, -0.05) is 65.2 Å². The van der Waals surface area contributed by atoms with Crippen LogP contribution < -0.4 is 5.73 Å². The minimum absolute atomic E-state index is 0.804. The molecule has 0 aliphatic carbocycles. The summed E-state index contributed by atoms with van der Waals surface area (Å²) in [5.41, 5.74) is 5.25. The summed E-state index contributed by atoms with van der Waals surface area (Å²) in [5.74, 6) is 0. The van der Waals surface area contributed by atoms with E-state index < -0.39 is 0 Å². The molecule has 0 saturated carbocycles. The standard InChI is InChI=1S/C10H22.C5H14N2/c1-3-5-7-9-10-8-6-4-2;1-7(2)5-3-4-6/h3-10H2,1-2H3;3-6H2,1-2H3. The van der Waals surface area contributed by atoms with Crippen molar-refractivity contribution in [3.05, 3.63) is 0 Å². The second-order valence-electron chi connectivity index (χ2n) is 5.07. The molecule has 0 amide bonds. The molecule has 0 bridgehead atoms. The first kappa shape index (κ1) is 19.3.